The lowest BCUT2D eigenvalue weighted by molar-refractivity contribution is 0.0475. The van der Waals surface area contributed by atoms with Gasteiger partial charge < -0.3 is 14.6 Å². The zero-order chi connectivity index (χ0) is 22.3. The minimum Gasteiger partial charge on any atom is -0.497 e. The maximum atomic E-state index is 13.0. The van der Waals surface area contributed by atoms with E-state index in [1.54, 1.807) is 13.3 Å². The molecular weight excluding hydrogens is 378 g/mol. The van der Waals surface area contributed by atoms with Crippen molar-refractivity contribution in [1.82, 2.24) is 0 Å². The topological polar surface area (TPSA) is 59.0 Å². The Balaban J connectivity index is 2.34. The molecule has 0 spiro atoms. The highest BCUT2D eigenvalue weighted by Crippen LogP contribution is 2.35. The molecule has 168 valence electrons. The van der Waals surface area contributed by atoms with Gasteiger partial charge in [-0.1, -0.05) is 39.2 Å². The van der Waals surface area contributed by atoms with E-state index < -0.39 is 17.8 Å². The van der Waals surface area contributed by atoms with Gasteiger partial charge in [-0.15, -0.1) is 0 Å². The molecule has 1 aromatic rings. The zero-order valence-corrected chi connectivity index (χ0v) is 19.4. The third-order valence-electron chi connectivity index (χ3n) is 5.67. The first-order valence-corrected chi connectivity index (χ1v) is 11.1. The van der Waals surface area contributed by atoms with Gasteiger partial charge in [0.05, 0.1) is 18.9 Å². The molecule has 0 bridgehead atoms. The van der Waals surface area contributed by atoms with Crippen molar-refractivity contribution in [2.24, 2.45) is 17.8 Å². The minimum absolute atomic E-state index is 0.00786. The average molecular weight is 418 g/mol. The van der Waals surface area contributed by atoms with E-state index in [-0.39, 0.29) is 11.8 Å². The van der Waals surface area contributed by atoms with E-state index in [9.17, 15) is 9.90 Å². The summed E-state index contributed by atoms with van der Waals surface area (Å²) >= 11 is 0. The quantitative estimate of drug-likeness (QED) is 0.577. The number of amides is 1. The van der Waals surface area contributed by atoms with E-state index in [0.717, 1.165) is 18.6 Å². The van der Waals surface area contributed by atoms with E-state index in [0.29, 0.717) is 11.6 Å². The SMILES string of the molecule is COc1ccc(N(/C=C/[C@H](C2CCCCC2)[C@H](O)C(C)C)C(=O)OC(C)(C)C)cc1. The van der Waals surface area contributed by atoms with Crippen molar-refractivity contribution in [2.45, 2.75) is 78.4 Å². The number of methoxy groups -OCH3 is 1. The van der Waals surface area contributed by atoms with Crippen LogP contribution in [0.25, 0.3) is 0 Å². The second-order valence-corrected chi connectivity index (χ2v) is 9.60. The molecule has 1 N–H and O–H groups in total. The number of aliphatic hydroxyl groups excluding tert-OH is 1. The van der Waals surface area contributed by atoms with E-state index in [1.807, 2.05) is 65.0 Å². The van der Waals surface area contributed by atoms with Crippen molar-refractivity contribution in [3.8, 4) is 5.75 Å². The van der Waals surface area contributed by atoms with Gasteiger partial charge in [0.1, 0.15) is 11.4 Å². The van der Waals surface area contributed by atoms with Gasteiger partial charge in [0.15, 0.2) is 0 Å². The predicted octanol–water partition coefficient (Wildman–Crippen LogP) is 6.16. The molecule has 0 radical (unpaired) electrons. The standard InChI is InChI=1S/C25H39NO4/c1-18(2)23(27)22(19-10-8-7-9-11-19)16-17-26(24(28)30-25(3,4)5)20-12-14-21(29-6)15-13-20/h12-19,22-23,27H,7-11H2,1-6H3/b17-16+/t22-,23-/m1/s1. The molecule has 5 nitrogen and oxygen atoms in total. The van der Waals surface area contributed by atoms with Crippen LogP contribution in [0.15, 0.2) is 36.5 Å². The summed E-state index contributed by atoms with van der Waals surface area (Å²) in [5, 5.41) is 10.9. The average Bonchev–Trinajstić information content (AvgIpc) is 2.70. The Bertz CT molecular complexity index is 684. The Morgan fingerprint density at radius 2 is 1.73 bits per heavy atom. The first-order valence-electron chi connectivity index (χ1n) is 11.1. The molecule has 2 rings (SSSR count). The molecule has 0 heterocycles. The number of hydrogen-bond acceptors (Lipinski definition) is 4. The molecule has 1 aliphatic rings. The third-order valence-corrected chi connectivity index (χ3v) is 5.67. The largest absolute Gasteiger partial charge is 0.497 e. The van der Waals surface area contributed by atoms with Crippen LogP contribution >= 0.6 is 0 Å². The molecule has 2 atom stereocenters. The van der Waals surface area contributed by atoms with Gasteiger partial charge in [0.2, 0.25) is 0 Å². The highest BCUT2D eigenvalue weighted by molar-refractivity contribution is 5.90. The molecule has 1 aliphatic carbocycles. The smallest absolute Gasteiger partial charge is 0.418 e. The number of carbonyl (C=O) groups excluding carboxylic acids is 1. The van der Waals surface area contributed by atoms with Crippen LogP contribution in [0.2, 0.25) is 0 Å². The summed E-state index contributed by atoms with van der Waals surface area (Å²) in [6, 6.07) is 7.31. The fourth-order valence-corrected chi connectivity index (χ4v) is 4.01. The number of nitrogens with zero attached hydrogens (tertiary/aromatic N) is 1. The molecule has 30 heavy (non-hydrogen) atoms. The molecule has 0 aliphatic heterocycles. The van der Waals surface area contributed by atoms with Crippen LogP contribution in [-0.2, 0) is 4.74 Å². The predicted molar refractivity (Wildman–Crippen MR) is 122 cm³/mol. The molecule has 1 fully saturated rings. The number of carbonyl (C=O) groups is 1. The van der Waals surface area contributed by atoms with E-state index in [1.165, 1.54) is 24.2 Å². The lowest BCUT2D eigenvalue weighted by Gasteiger charge is -2.34. The van der Waals surface area contributed by atoms with Gasteiger partial charge >= 0.3 is 6.09 Å². The highest BCUT2D eigenvalue weighted by Gasteiger charge is 2.30. The Morgan fingerprint density at radius 1 is 1.13 bits per heavy atom. The van der Waals surface area contributed by atoms with Crippen molar-refractivity contribution in [1.29, 1.82) is 0 Å². The molecule has 0 aromatic heterocycles. The van der Waals surface area contributed by atoms with Gasteiger partial charge in [-0.3, -0.25) is 4.90 Å². The fourth-order valence-electron chi connectivity index (χ4n) is 4.01. The number of anilines is 1. The monoisotopic (exact) mass is 417 g/mol. The van der Waals surface area contributed by atoms with Crippen LogP contribution in [0.3, 0.4) is 0 Å². The first-order chi connectivity index (χ1) is 14.1. The maximum Gasteiger partial charge on any atom is 0.418 e. The Morgan fingerprint density at radius 3 is 2.23 bits per heavy atom. The maximum absolute atomic E-state index is 13.0. The van der Waals surface area contributed by atoms with E-state index >= 15 is 0 Å². The third kappa shape index (κ3) is 7.05. The van der Waals surface area contributed by atoms with E-state index in [4.69, 9.17) is 9.47 Å². The summed E-state index contributed by atoms with van der Waals surface area (Å²) in [6.07, 6.45) is 8.81. The zero-order valence-electron chi connectivity index (χ0n) is 19.4. The molecular formula is C25H39NO4. The lowest BCUT2D eigenvalue weighted by Crippen LogP contribution is -2.35. The number of ether oxygens (including phenoxy) is 2. The van der Waals surface area contributed by atoms with Gasteiger partial charge in [0, 0.05) is 12.1 Å². The second kappa shape index (κ2) is 10.9. The molecule has 1 aromatic carbocycles. The molecule has 0 unspecified atom stereocenters. The Kier molecular flexibility index (Phi) is 8.78. The summed E-state index contributed by atoms with van der Waals surface area (Å²) in [6.45, 7) is 9.66. The molecule has 1 saturated carbocycles. The minimum atomic E-state index is -0.601. The summed E-state index contributed by atoms with van der Waals surface area (Å²) in [4.78, 5) is 14.5. The van der Waals surface area contributed by atoms with Crippen LogP contribution in [0.4, 0.5) is 10.5 Å². The normalized spacial score (nSPS) is 17.7. The Labute approximate surface area is 182 Å². The highest BCUT2D eigenvalue weighted by atomic mass is 16.6. The number of aliphatic hydroxyl groups is 1. The van der Waals surface area contributed by atoms with Gasteiger partial charge in [0.25, 0.3) is 0 Å². The van der Waals surface area contributed by atoms with Gasteiger partial charge in [-0.25, -0.2) is 4.79 Å². The van der Waals surface area contributed by atoms with Crippen molar-refractivity contribution in [3.63, 3.8) is 0 Å². The van der Waals surface area contributed by atoms with Crippen LogP contribution in [0, 0.1) is 17.8 Å². The Hall–Kier alpha value is -2.01. The van der Waals surface area contributed by atoms with Crippen LogP contribution in [0.1, 0.15) is 66.7 Å². The fraction of sp³-hybridized carbons (Fsp3) is 0.640. The van der Waals surface area contributed by atoms with E-state index in [2.05, 4.69) is 0 Å². The number of hydrogen-bond donors (Lipinski definition) is 1. The number of benzene rings is 1. The summed E-state index contributed by atoms with van der Waals surface area (Å²) in [5.41, 5.74) is 0.0956. The summed E-state index contributed by atoms with van der Waals surface area (Å²) in [5.74, 6) is 1.32. The van der Waals surface area contributed by atoms with Crippen molar-refractivity contribution in [2.75, 3.05) is 12.0 Å². The lowest BCUT2D eigenvalue weighted by atomic mass is 9.75. The van der Waals surface area contributed by atoms with Gasteiger partial charge in [-0.05, 0) is 69.7 Å². The van der Waals surface area contributed by atoms with Crippen LogP contribution in [-0.4, -0.2) is 30.0 Å². The van der Waals surface area contributed by atoms with Crippen molar-refractivity contribution in [3.05, 3.63) is 36.5 Å². The molecule has 0 saturated heterocycles. The molecule has 1 amide bonds. The first kappa shape index (κ1) is 24.3. The molecule has 5 heteroatoms. The van der Waals surface area contributed by atoms with Crippen molar-refractivity contribution >= 4 is 11.8 Å². The van der Waals surface area contributed by atoms with Gasteiger partial charge in [-0.2, -0.15) is 0 Å². The number of rotatable bonds is 7. The van der Waals surface area contributed by atoms with Crippen LogP contribution < -0.4 is 9.64 Å². The van der Waals surface area contributed by atoms with Crippen molar-refractivity contribution < 1.29 is 19.4 Å². The van der Waals surface area contributed by atoms with Crippen LogP contribution in [0.5, 0.6) is 5.75 Å². The summed E-state index contributed by atoms with van der Waals surface area (Å²) < 4.78 is 10.9. The second-order valence-electron chi connectivity index (χ2n) is 9.60. The summed E-state index contributed by atoms with van der Waals surface area (Å²) in [7, 11) is 1.61.